The minimum atomic E-state index is -0.692. The van der Waals surface area contributed by atoms with E-state index in [-0.39, 0.29) is 13.2 Å². The molecule has 3 aromatic rings. The smallest absolute Gasteiger partial charge is 0.122 e. The quantitative estimate of drug-likeness (QED) is 0.451. The summed E-state index contributed by atoms with van der Waals surface area (Å²) < 4.78 is 11.6. The summed E-state index contributed by atoms with van der Waals surface area (Å²) in [4.78, 5) is 2.03. The molecule has 0 fully saturated rings. The molecule has 5 heteroatoms. The lowest BCUT2D eigenvalue weighted by Crippen LogP contribution is -2.41. The maximum Gasteiger partial charge on any atom is 0.122 e. The predicted molar refractivity (Wildman–Crippen MR) is 127 cm³/mol. The molecule has 3 aromatic carbocycles. The molecule has 0 amide bonds. The molecule has 0 spiro atoms. The van der Waals surface area contributed by atoms with Crippen molar-refractivity contribution >= 4 is 0 Å². The first kappa shape index (κ1) is 23.8. The van der Waals surface area contributed by atoms with Crippen LogP contribution in [0.3, 0.4) is 0 Å². The molecule has 0 aliphatic carbocycles. The van der Waals surface area contributed by atoms with Gasteiger partial charge in [0.25, 0.3) is 0 Å². The number of aryl methyl sites for hydroxylation is 2. The minimum Gasteiger partial charge on any atom is -0.491 e. The first-order valence-corrected chi connectivity index (χ1v) is 11.0. The number of ether oxygens (including phenoxy) is 2. The molecule has 2 unspecified atom stereocenters. The molecule has 3 rings (SSSR count). The van der Waals surface area contributed by atoms with Crippen LogP contribution in [0.4, 0.5) is 0 Å². The molecule has 170 valence electrons. The topological polar surface area (TPSA) is 62.2 Å². The third kappa shape index (κ3) is 7.68. The number of rotatable bonds is 12. The van der Waals surface area contributed by atoms with Crippen molar-refractivity contribution in [3.63, 3.8) is 0 Å². The van der Waals surface area contributed by atoms with Crippen molar-refractivity contribution in [2.45, 2.75) is 32.6 Å². The molecule has 0 saturated heterocycles. The van der Waals surface area contributed by atoms with Crippen LogP contribution >= 0.6 is 0 Å². The Balaban J connectivity index is 1.57. The van der Waals surface area contributed by atoms with Gasteiger partial charge in [0.05, 0.1) is 0 Å². The fraction of sp³-hybridized carbons (Fsp3) is 0.333. The van der Waals surface area contributed by atoms with E-state index in [1.54, 1.807) is 0 Å². The van der Waals surface area contributed by atoms with Gasteiger partial charge >= 0.3 is 0 Å². The number of aliphatic hydroxyl groups is 2. The SMILES string of the molecule is Cc1ccccc1OCC(O)CN(Cc1ccccc1)CC(O)COc1ccccc1C. The van der Waals surface area contributed by atoms with Gasteiger partial charge in [-0.15, -0.1) is 0 Å². The molecule has 5 nitrogen and oxygen atoms in total. The fourth-order valence-corrected chi connectivity index (χ4v) is 3.56. The standard InChI is InChI=1S/C27H33NO4/c1-21-10-6-8-14-26(21)31-19-24(29)17-28(16-23-12-4-3-5-13-23)18-25(30)20-32-27-15-9-7-11-22(27)2/h3-15,24-25,29-30H,16-20H2,1-2H3. The molecule has 0 saturated carbocycles. The largest absolute Gasteiger partial charge is 0.491 e. The normalized spacial score (nSPS) is 13.0. The number of aliphatic hydroxyl groups excluding tert-OH is 2. The Bertz CT molecular complexity index is 890. The third-order valence-corrected chi connectivity index (χ3v) is 5.24. The summed E-state index contributed by atoms with van der Waals surface area (Å²) in [5.41, 5.74) is 3.18. The highest BCUT2D eigenvalue weighted by atomic mass is 16.5. The fourth-order valence-electron chi connectivity index (χ4n) is 3.56. The Hall–Kier alpha value is -2.86. The number of benzene rings is 3. The van der Waals surface area contributed by atoms with Gasteiger partial charge < -0.3 is 19.7 Å². The molecule has 2 N–H and O–H groups in total. The number of hydrogen-bond acceptors (Lipinski definition) is 5. The Morgan fingerprint density at radius 1 is 0.656 bits per heavy atom. The molecule has 0 aliphatic rings. The molecule has 0 bridgehead atoms. The Kier molecular flexibility index (Phi) is 9.11. The molecule has 0 heterocycles. The zero-order valence-corrected chi connectivity index (χ0v) is 18.9. The summed E-state index contributed by atoms with van der Waals surface area (Å²) in [7, 11) is 0. The second kappa shape index (κ2) is 12.2. The van der Waals surface area contributed by atoms with Gasteiger partial charge in [-0.2, -0.15) is 0 Å². The first-order valence-electron chi connectivity index (χ1n) is 11.0. The molecule has 32 heavy (non-hydrogen) atoms. The van der Waals surface area contributed by atoms with E-state index >= 15 is 0 Å². The van der Waals surface area contributed by atoms with Crippen LogP contribution < -0.4 is 9.47 Å². The zero-order valence-electron chi connectivity index (χ0n) is 18.9. The van der Waals surface area contributed by atoms with E-state index < -0.39 is 12.2 Å². The van der Waals surface area contributed by atoms with Crippen molar-refractivity contribution in [3.05, 3.63) is 95.6 Å². The van der Waals surface area contributed by atoms with E-state index in [0.717, 1.165) is 28.2 Å². The zero-order chi connectivity index (χ0) is 22.8. The maximum absolute atomic E-state index is 10.6. The van der Waals surface area contributed by atoms with Crippen LogP contribution in [0.1, 0.15) is 16.7 Å². The van der Waals surface area contributed by atoms with E-state index in [0.29, 0.717) is 19.6 Å². The number of hydrogen-bond donors (Lipinski definition) is 2. The number of para-hydroxylation sites is 2. The van der Waals surface area contributed by atoms with Gasteiger partial charge in [-0.1, -0.05) is 66.7 Å². The van der Waals surface area contributed by atoms with Gasteiger partial charge in [0, 0.05) is 19.6 Å². The van der Waals surface area contributed by atoms with Crippen LogP contribution in [0.2, 0.25) is 0 Å². The van der Waals surface area contributed by atoms with Gasteiger partial charge in [0.1, 0.15) is 36.9 Å². The average molecular weight is 436 g/mol. The van der Waals surface area contributed by atoms with E-state index in [9.17, 15) is 10.2 Å². The van der Waals surface area contributed by atoms with Crippen molar-refractivity contribution in [1.82, 2.24) is 4.90 Å². The van der Waals surface area contributed by atoms with Crippen LogP contribution in [-0.2, 0) is 6.54 Å². The van der Waals surface area contributed by atoms with Crippen LogP contribution in [0, 0.1) is 13.8 Å². The van der Waals surface area contributed by atoms with Crippen molar-refractivity contribution in [3.8, 4) is 11.5 Å². The van der Waals surface area contributed by atoms with E-state index in [2.05, 4.69) is 0 Å². The van der Waals surface area contributed by atoms with Gasteiger partial charge in [0.2, 0.25) is 0 Å². The van der Waals surface area contributed by atoms with Crippen LogP contribution in [0.5, 0.6) is 11.5 Å². The molecule has 0 radical (unpaired) electrons. The monoisotopic (exact) mass is 435 g/mol. The summed E-state index contributed by atoms with van der Waals surface area (Å²) >= 11 is 0. The highest BCUT2D eigenvalue weighted by molar-refractivity contribution is 5.32. The first-order chi connectivity index (χ1) is 15.5. The lowest BCUT2D eigenvalue weighted by Gasteiger charge is -2.27. The van der Waals surface area contributed by atoms with E-state index in [1.807, 2.05) is 97.6 Å². The van der Waals surface area contributed by atoms with E-state index in [1.165, 1.54) is 0 Å². The molecular weight excluding hydrogens is 402 g/mol. The highest BCUT2D eigenvalue weighted by Crippen LogP contribution is 2.18. The summed E-state index contributed by atoms with van der Waals surface area (Å²) in [6, 6.07) is 25.5. The van der Waals surface area contributed by atoms with Crippen LogP contribution in [0.15, 0.2) is 78.9 Å². The second-order valence-corrected chi connectivity index (χ2v) is 8.14. The van der Waals surface area contributed by atoms with Gasteiger partial charge in [-0.25, -0.2) is 0 Å². The summed E-state index contributed by atoms with van der Waals surface area (Å²) in [5.74, 6) is 1.54. The van der Waals surface area contributed by atoms with Crippen molar-refractivity contribution in [2.24, 2.45) is 0 Å². The Morgan fingerprint density at radius 3 is 1.56 bits per heavy atom. The average Bonchev–Trinajstić information content (AvgIpc) is 2.78. The lowest BCUT2D eigenvalue weighted by molar-refractivity contribution is 0.0281. The van der Waals surface area contributed by atoms with Crippen LogP contribution in [-0.4, -0.2) is 53.6 Å². The highest BCUT2D eigenvalue weighted by Gasteiger charge is 2.18. The summed E-state index contributed by atoms with van der Waals surface area (Å²) in [6.07, 6.45) is -1.38. The lowest BCUT2D eigenvalue weighted by atomic mass is 10.2. The summed E-state index contributed by atoms with van der Waals surface area (Å²) in [6.45, 7) is 5.70. The minimum absolute atomic E-state index is 0.186. The maximum atomic E-state index is 10.6. The van der Waals surface area contributed by atoms with Crippen molar-refractivity contribution in [1.29, 1.82) is 0 Å². The summed E-state index contributed by atoms with van der Waals surface area (Å²) in [5, 5.41) is 21.3. The number of nitrogens with zero attached hydrogens (tertiary/aromatic N) is 1. The van der Waals surface area contributed by atoms with Crippen LogP contribution in [0.25, 0.3) is 0 Å². The second-order valence-electron chi connectivity index (χ2n) is 8.14. The Morgan fingerprint density at radius 2 is 1.09 bits per heavy atom. The molecule has 0 aliphatic heterocycles. The molecule has 2 atom stereocenters. The van der Waals surface area contributed by atoms with Gasteiger partial charge in [0.15, 0.2) is 0 Å². The van der Waals surface area contributed by atoms with Gasteiger partial charge in [-0.3, -0.25) is 4.90 Å². The molecular formula is C27H33NO4. The van der Waals surface area contributed by atoms with Gasteiger partial charge in [-0.05, 0) is 42.7 Å². The predicted octanol–water partition coefficient (Wildman–Crippen LogP) is 3.99. The van der Waals surface area contributed by atoms with Crippen molar-refractivity contribution in [2.75, 3.05) is 26.3 Å². The Labute approximate surface area is 190 Å². The van der Waals surface area contributed by atoms with E-state index in [4.69, 9.17) is 9.47 Å². The molecule has 0 aromatic heterocycles. The third-order valence-electron chi connectivity index (χ3n) is 5.24. The van der Waals surface area contributed by atoms with Crippen molar-refractivity contribution < 1.29 is 19.7 Å².